The fourth-order valence-electron chi connectivity index (χ4n) is 2.74. The fraction of sp³-hybridized carbons (Fsp3) is 0.250. The van der Waals surface area contributed by atoms with E-state index in [4.69, 9.17) is 0 Å². The third-order valence-electron chi connectivity index (χ3n) is 3.77. The SMILES string of the molecule is Cc1ccc2c(c1)CCCN2S(=O)(=O)c1ccc(F)cc1F. The summed E-state index contributed by atoms with van der Waals surface area (Å²) in [6, 6.07) is 8.03. The van der Waals surface area contributed by atoms with Gasteiger partial charge in [-0.3, -0.25) is 4.31 Å². The highest BCUT2D eigenvalue weighted by Gasteiger charge is 2.31. The summed E-state index contributed by atoms with van der Waals surface area (Å²) in [6.45, 7) is 2.22. The Bertz CT molecular complexity index is 834. The molecule has 0 saturated heterocycles. The van der Waals surface area contributed by atoms with Gasteiger partial charge in [-0.25, -0.2) is 17.2 Å². The lowest BCUT2D eigenvalue weighted by atomic mass is 10.0. The summed E-state index contributed by atoms with van der Waals surface area (Å²) in [6.07, 6.45) is 1.45. The van der Waals surface area contributed by atoms with Crippen molar-refractivity contribution in [3.8, 4) is 0 Å². The average molecular weight is 323 g/mol. The molecule has 0 fully saturated rings. The zero-order valence-corrected chi connectivity index (χ0v) is 12.8. The molecule has 0 unspecified atom stereocenters. The van der Waals surface area contributed by atoms with Crippen LogP contribution >= 0.6 is 0 Å². The molecule has 0 amide bonds. The maximum Gasteiger partial charge on any atom is 0.267 e. The molecule has 1 aliphatic rings. The number of hydrogen-bond acceptors (Lipinski definition) is 2. The van der Waals surface area contributed by atoms with Crippen LogP contribution in [0.4, 0.5) is 14.5 Å². The summed E-state index contributed by atoms with van der Waals surface area (Å²) in [5.74, 6) is -1.87. The molecule has 116 valence electrons. The Morgan fingerprint density at radius 1 is 1.09 bits per heavy atom. The quantitative estimate of drug-likeness (QED) is 0.849. The molecule has 0 aliphatic carbocycles. The summed E-state index contributed by atoms with van der Waals surface area (Å²) in [7, 11) is -4.04. The maximum absolute atomic E-state index is 13.9. The van der Waals surface area contributed by atoms with Crippen LogP contribution in [0.5, 0.6) is 0 Å². The van der Waals surface area contributed by atoms with Gasteiger partial charge >= 0.3 is 0 Å². The summed E-state index contributed by atoms with van der Waals surface area (Å²) < 4.78 is 53.6. The predicted molar refractivity (Wildman–Crippen MR) is 80.4 cm³/mol. The van der Waals surface area contributed by atoms with Gasteiger partial charge in [0.05, 0.1) is 5.69 Å². The lowest BCUT2D eigenvalue weighted by Crippen LogP contribution is -2.36. The number of rotatable bonds is 2. The Labute approximate surface area is 128 Å². The van der Waals surface area contributed by atoms with Crippen LogP contribution in [0.15, 0.2) is 41.3 Å². The first-order valence-electron chi connectivity index (χ1n) is 6.97. The van der Waals surface area contributed by atoms with Gasteiger partial charge in [-0.05, 0) is 43.5 Å². The molecule has 0 bridgehead atoms. The van der Waals surface area contributed by atoms with Crippen LogP contribution < -0.4 is 4.31 Å². The van der Waals surface area contributed by atoms with Gasteiger partial charge < -0.3 is 0 Å². The number of anilines is 1. The van der Waals surface area contributed by atoms with Gasteiger partial charge in [0.2, 0.25) is 0 Å². The van der Waals surface area contributed by atoms with E-state index >= 15 is 0 Å². The standard InChI is InChI=1S/C16H15F2NO2S/c1-11-4-6-15-12(9-11)3-2-8-19(15)22(20,21)16-7-5-13(17)10-14(16)18/h4-7,9-10H,2-3,8H2,1H3. The van der Waals surface area contributed by atoms with Crippen molar-refractivity contribution in [3.05, 3.63) is 59.2 Å². The summed E-state index contributed by atoms with van der Waals surface area (Å²) >= 11 is 0. The molecule has 22 heavy (non-hydrogen) atoms. The molecule has 1 aliphatic heterocycles. The Morgan fingerprint density at radius 2 is 1.86 bits per heavy atom. The molecule has 0 radical (unpaired) electrons. The van der Waals surface area contributed by atoms with Gasteiger partial charge in [-0.1, -0.05) is 17.7 Å². The third kappa shape index (κ3) is 2.47. The minimum Gasteiger partial charge on any atom is -0.266 e. The summed E-state index contributed by atoms with van der Waals surface area (Å²) in [5.41, 5.74) is 2.55. The molecule has 1 heterocycles. The smallest absolute Gasteiger partial charge is 0.266 e. The van der Waals surface area contributed by atoms with Crippen molar-refractivity contribution in [3.63, 3.8) is 0 Å². The van der Waals surface area contributed by atoms with Crippen LogP contribution in [0.2, 0.25) is 0 Å². The molecule has 2 aromatic rings. The van der Waals surface area contributed by atoms with E-state index in [0.29, 0.717) is 18.2 Å². The Kier molecular flexibility index (Phi) is 3.64. The number of halogens is 2. The predicted octanol–water partition coefficient (Wildman–Crippen LogP) is 3.41. The highest BCUT2D eigenvalue weighted by molar-refractivity contribution is 7.92. The molecule has 0 spiro atoms. The fourth-order valence-corrected chi connectivity index (χ4v) is 4.33. The molecule has 6 heteroatoms. The van der Waals surface area contributed by atoms with E-state index in [-0.39, 0.29) is 6.54 Å². The lowest BCUT2D eigenvalue weighted by Gasteiger charge is -2.30. The lowest BCUT2D eigenvalue weighted by molar-refractivity contribution is 0.546. The molecule has 3 nitrogen and oxygen atoms in total. The van der Waals surface area contributed by atoms with Crippen molar-refractivity contribution >= 4 is 15.7 Å². The third-order valence-corrected chi connectivity index (χ3v) is 5.62. The van der Waals surface area contributed by atoms with Gasteiger partial charge in [0.1, 0.15) is 16.5 Å². The van der Waals surface area contributed by atoms with E-state index < -0.39 is 26.6 Å². The molecule has 0 aromatic heterocycles. The first kappa shape index (κ1) is 15.0. The van der Waals surface area contributed by atoms with Crippen molar-refractivity contribution < 1.29 is 17.2 Å². The normalized spacial score (nSPS) is 14.8. The Morgan fingerprint density at radius 3 is 2.59 bits per heavy atom. The number of sulfonamides is 1. The second-order valence-corrected chi connectivity index (χ2v) is 7.22. The van der Waals surface area contributed by atoms with Gasteiger partial charge in [0.15, 0.2) is 0 Å². The molecular formula is C16H15F2NO2S. The van der Waals surface area contributed by atoms with Gasteiger partial charge in [0, 0.05) is 12.6 Å². The van der Waals surface area contributed by atoms with Crippen LogP contribution in [-0.4, -0.2) is 15.0 Å². The van der Waals surface area contributed by atoms with Crippen molar-refractivity contribution in [2.24, 2.45) is 0 Å². The summed E-state index contributed by atoms with van der Waals surface area (Å²) in [4.78, 5) is -0.498. The van der Waals surface area contributed by atoms with Crippen molar-refractivity contribution in [1.82, 2.24) is 0 Å². The number of fused-ring (bicyclic) bond motifs is 1. The summed E-state index contributed by atoms with van der Waals surface area (Å²) in [5, 5.41) is 0. The van der Waals surface area contributed by atoms with Gasteiger partial charge in [0.25, 0.3) is 10.0 Å². The minimum absolute atomic E-state index is 0.287. The second-order valence-electron chi connectivity index (χ2n) is 5.39. The van der Waals surface area contributed by atoms with Crippen molar-refractivity contribution in [1.29, 1.82) is 0 Å². The Hall–Kier alpha value is -1.95. The van der Waals surface area contributed by atoms with Crippen LogP contribution in [0.25, 0.3) is 0 Å². The first-order valence-corrected chi connectivity index (χ1v) is 8.41. The molecule has 0 atom stereocenters. The topological polar surface area (TPSA) is 37.4 Å². The molecular weight excluding hydrogens is 308 g/mol. The number of nitrogens with zero attached hydrogens (tertiary/aromatic N) is 1. The van der Waals surface area contributed by atoms with Gasteiger partial charge in [-0.15, -0.1) is 0 Å². The first-order chi connectivity index (χ1) is 10.4. The largest absolute Gasteiger partial charge is 0.267 e. The number of aryl methyl sites for hydroxylation is 2. The van der Waals surface area contributed by atoms with E-state index in [0.717, 1.165) is 29.7 Å². The zero-order valence-electron chi connectivity index (χ0n) is 12.0. The Balaban J connectivity index is 2.11. The molecule has 3 rings (SSSR count). The van der Waals surface area contributed by atoms with Gasteiger partial charge in [-0.2, -0.15) is 0 Å². The van der Waals surface area contributed by atoms with E-state index in [9.17, 15) is 17.2 Å². The average Bonchev–Trinajstić information content (AvgIpc) is 2.45. The monoisotopic (exact) mass is 323 g/mol. The number of benzene rings is 2. The molecule has 0 saturated carbocycles. The minimum atomic E-state index is -4.04. The number of hydrogen-bond donors (Lipinski definition) is 0. The van der Waals surface area contributed by atoms with E-state index in [1.165, 1.54) is 4.31 Å². The van der Waals surface area contributed by atoms with Crippen LogP contribution in [0, 0.1) is 18.6 Å². The molecule has 2 aromatic carbocycles. The van der Waals surface area contributed by atoms with Crippen LogP contribution in [0.3, 0.4) is 0 Å². The van der Waals surface area contributed by atoms with E-state index in [2.05, 4.69) is 0 Å². The van der Waals surface area contributed by atoms with Crippen molar-refractivity contribution in [2.75, 3.05) is 10.8 Å². The van der Waals surface area contributed by atoms with Crippen molar-refractivity contribution in [2.45, 2.75) is 24.7 Å². The van der Waals surface area contributed by atoms with Crippen LogP contribution in [0.1, 0.15) is 17.5 Å². The highest BCUT2D eigenvalue weighted by Crippen LogP contribution is 2.33. The highest BCUT2D eigenvalue weighted by atomic mass is 32.2. The van der Waals surface area contributed by atoms with Crippen LogP contribution in [-0.2, 0) is 16.4 Å². The maximum atomic E-state index is 13.9. The second kappa shape index (κ2) is 5.35. The molecule has 0 N–H and O–H groups in total. The van der Waals surface area contributed by atoms with E-state index in [1.54, 1.807) is 6.07 Å². The zero-order chi connectivity index (χ0) is 15.9. The van der Waals surface area contributed by atoms with E-state index in [1.807, 2.05) is 19.1 Å².